The summed E-state index contributed by atoms with van der Waals surface area (Å²) in [5.74, 6) is 0.137. The van der Waals surface area contributed by atoms with Gasteiger partial charge in [-0.25, -0.2) is 14.4 Å². The van der Waals surface area contributed by atoms with Crippen molar-refractivity contribution < 1.29 is 9.50 Å². The van der Waals surface area contributed by atoms with Crippen molar-refractivity contribution in [2.45, 2.75) is 12.8 Å². The van der Waals surface area contributed by atoms with Crippen molar-refractivity contribution in [3.05, 3.63) is 24.0 Å². The number of rotatable bonds is 3. The first-order valence-corrected chi connectivity index (χ1v) is 3.40. The lowest BCUT2D eigenvalue weighted by Crippen LogP contribution is -1.96. The van der Waals surface area contributed by atoms with Crippen molar-refractivity contribution in [3.8, 4) is 0 Å². The molecule has 3 nitrogen and oxygen atoms in total. The van der Waals surface area contributed by atoms with Gasteiger partial charge >= 0.3 is 0 Å². The van der Waals surface area contributed by atoms with E-state index >= 15 is 0 Å². The van der Waals surface area contributed by atoms with Gasteiger partial charge in [-0.15, -0.1) is 0 Å². The van der Waals surface area contributed by atoms with Gasteiger partial charge in [-0.2, -0.15) is 0 Å². The van der Waals surface area contributed by atoms with E-state index in [4.69, 9.17) is 5.11 Å². The average molecular weight is 156 g/mol. The summed E-state index contributed by atoms with van der Waals surface area (Å²) >= 11 is 0. The summed E-state index contributed by atoms with van der Waals surface area (Å²) in [6, 6.07) is 0. The highest BCUT2D eigenvalue weighted by molar-refractivity contribution is 4.90. The van der Waals surface area contributed by atoms with Crippen LogP contribution >= 0.6 is 0 Å². The van der Waals surface area contributed by atoms with Gasteiger partial charge in [0.15, 0.2) is 5.82 Å². The fraction of sp³-hybridized carbons (Fsp3) is 0.429. The van der Waals surface area contributed by atoms with Crippen LogP contribution in [0, 0.1) is 5.82 Å². The van der Waals surface area contributed by atoms with Crippen molar-refractivity contribution in [1.29, 1.82) is 0 Å². The molecule has 0 aliphatic rings. The molecule has 0 bridgehead atoms. The third-order valence-electron chi connectivity index (χ3n) is 1.23. The molecule has 60 valence electrons. The summed E-state index contributed by atoms with van der Waals surface area (Å²) in [6.07, 6.45) is 3.46. The van der Waals surface area contributed by atoms with Gasteiger partial charge in [0, 0.05) is 13.0 Å². The standard InChI is InChI=1S/C7H9FN2O/c8-6-4-9-7(10-5-6)2-1-3-11/h4-5,11H,1-3H2. The normalized spacial score (nSPS) is 10.0. The molecule has 0 atom stereocenters. The fourth-order valence-electron chi connectivity index (χ4n) is 0.705. The second kappa shape index (κ2) is 3.98. The summed E-state index contributed by atoms with van der Waals surface area (Å²) < 4.78 is 12.2. The maximum Gasteiger partial charge on any atom is 0.159 e. The van der Waals surface area contributed by atoms with Crippen LogP contribution in [0.4, 0.5) is 4.39 Å². The highest BCUT2D eigenvalue weighted by atomic mass is 19.1. The van der Waals surface area contributed by atoms with E-state index in [1.165, 1.54) is 0 Å². The molecule has 1 aromatic rings. The third-order valence-corrected chi connectivity index (χ3v) is 1.23. The molecule has 0 aliphatic heterocycles. The van der Waals surface area contributed by atoms with E-state index in [-0.39, 0.29) is 6.61 Å². The zero-order valence-corrected chi connectivity index (χ0v) is 6.00. The highest BCUT2D eigenvalue weighted by Crippen LogP contribution is 1.95. The number of hydrogen-bond acceptors (Lipinski definition) is 3. The van der Waals surface area contributed by atoms with Gasteiger partial charge in [-0.05, 0) is 6.42 Å². The summed E-state index contributed by atoms with van der Waals surface area (Å²) in [5, 5.41) is 8.45. The molecular weight excluding hydrogens is 147 g/mol. The first-order valence-electron chi connectivity index (χ1n) is 3.40. The minimum absolute atomic E-state index is 0.112. The lowest BCUT2D eigenvalue weighted by molar-refractivity contribution is 0.287. The van der Waals surface area contributed by atoms with Crippen LogP contribution in [0.15, 0.2) is 12.4 Å². The zero-order chi connectivity index (χ0) is 8.10. The van der Waals surface area contributed by atoms with Crippen LogP contribution in [-0.2, 0) is 6.42 Å². The van der Waals surface area contributed by atoms with Crippen LogP contribution in [-0.4, -0.2) is 21.7 Å². The van der Waals surface area contributed by atoms with Crippen molar-refractivity contribution >= 4 is 0 Å². The average Bonchev–Trinajstić information content (AvgIpc) is 2.04. The van der Waals surface area contributed by atoms with E-state index < -0.39 is 5.82 Å². The molecule has 1 rings (SSSR count). The van der Waals surface area contributed by atoms with Crippen molar-refractivity contribution in [1.82, 2.24) is 9.97 Å². The molecule has 1 aromatic heterocycles. The molecule has 11 heavy (non-hydrogen) atoms. The van der Waals surface area contributed by atoms with Crippen molar-refractivity contribution in [2.75, 3.05) is 6.61 Å². The Balaban J connectivity index is 2.52. The maximum absolute atomic E-state index is 12.2. The molecule has 0 saturated carbocycles. The largest absolute Gasteiger partial charge is 0.396 e. The predicted octanol–water partition coefficient (Wildman–Crippen LogP) is 0.541. The monoisotopic (exact) mass is 156 g/mol. The maximum atomic E-state index is 12.2. The molecule has 1 heterocycles. The minimum Gasteiger partial charge on any atom is -0.396 e. The Kier molecular flexibility index (Phi) is 2.92. The van der Waals surface area contributed by atoms with E-state index in [0.29, 0.717) is 18.7 Å². The Morgan fingerprint density at radius 2 is 2.00 bits per heavy atom. The second-order valence-electron chi connectivity index (χ2n) is 2.14. The second-order valence-corrected chi connectivity index (χ2v) is 2.14. The number of aromatic nitrogens is 2. The molecule has 0 unspecified atom stereocenters. The Labute approximate surface area is 63.9 Å². The Morgan fingerprint density at radius 3 is 2.55 bits per heavy atom. The Bertz CT molecular complexity index is 212. The molecule has 0 amide bonds. The molecular formula is C7H9FN2O. The summed E-state index contributed by atoms with van der Waals surface area (Å²) in [7, 11) is 0. The number of nitrogens with zero attached hydrogens (tertiary/aromatic N) is 2. The molecule has 0 aliphatic carbocycles. The predicted molar refractivity (Wildman–Crippen MR) is 37.4 cm³/mol. The molecule has 0 spiro atoms. The molecule has 1 N–H and O–H groups in total. The number of halogens is 1. The van der Waals surface area contributed by atoms with E-state index in [2.05, 4.69) is 9.97 Å². The fourth-order valence-corrected chi connectivity index (χ4v) is 0.705. The zero-order valence-electron chi connectivity index (χ0n) is 6.00. The van der Waals surface area contributed by atoms with E-state index in [1.54, 1.807) is 0 Å². The van der Waals surface area contributed by atoms with Crippen LogP contribution < -0.4 is 0 Å². The topological polar surface area (TPSA) is 46.0 Å². The SMILES string of the molecule is OCCCc1ncc(F)cn1. The van der Waals surface area contributed by atoms with Crippen LogP contribution in [0.5, 0.6) is 0 Å². The Morgan fingerprint density at radius 1 is 1.36 bits per heavy atom. The molecule has 0 fully saturated rings. The van der Waals surface area contributed by atoms with Gasteiger partial charge < -0.3 is 5.11 Å². The van der Waals surface area contributed by atoms with Gasteiger partial charge in [0.05, 0.1) is 12.4 Å². The lowest BCUT2D eigenvalue weighted by atomic mass is 10.3. The molecule has 0 radical (unpaired) electrons. The van der Waals surface area contributed by atoms with Gasteiger partial charge in [-0.3, -0.25) is 0 Å². The van der Waals surface area contributed by atoms with E-state index in [9.17, 15) is 4.39 Å². The van der Waals surface area contributed by atoms with E-state index in [1.807, 2.05) is 0 Å². The molecule has 0 aromatic carbocycles. The van der Waals surface area contributed by atoms with Gasteiger partial charge in [0.2, 0.25) is 0 Å². The first kappa shape index (κ1) is 8.07. The molecule has 0 saturated heterocycles. The van der Waals surface area contributed by atoms with Crippen LogP contribution in [0.1, 0.15) is 12.2 Å². The Hall–Kier alpha value is -1.03. The van der Waals surface area contributed by atoms with Crippen LogP contribution in [0.3, 0.4) is 0 Å². The van der Waals surface area contributed by atoms with Gasteiger partial charge in [0.25, 0.3) is 0 Å². The molecule has 4 heteroatoms. The van der Waals surface area contributed by atoms with Gasteiger partial charge in [-0.1, -0.05) is 0 Å². The highest BCUT2D eigenvalue weighted by Gasteiger charge is 1.95. The van der Waals surface area contributed by atoms with Gasteiger partial charge in [0.1, 0.15) is 5.82 Å². The summed E-state index contributed by atoms with van der Waals surface area (Å²) in [4.78, 5) is 7.44. The first-order chi connectivity index (χ1) is 5.33. The lowest BCUT2D eigenvalue weighted by Gasteiger charge is -1.95. The van der Waals surface area contributed by atoms with Crippen LogP contribution in [0.25, 0.3) is 0 Å². The smallest absolute Gasteiger partial charge is 0.159 e. The number of aliphatic hydroxyl groups is 1. The number of hydrogen-bond donors (Lipinski definition) is 1. The van der Waals surface area contributed by atoms with Crippen LogP contribution in [0.2, 0.25) is 0 Å². The van der Waals surface area contributed by atoms with Crippen molar-refractivity contribution in [2.24, 2.45) is 0 Å². The van der Waals surface area contributed by atoms with E-state index in [0.717, 1.165) is 12.4 Å². The van der Waals surface area contributed by atoms with Crippen molar-refractivity contribution in [3.63, 3.8) is 0 Å². The minimum atomic E-state index is -0.433. The third kappa shape index (κ3) is 2.59. The summed E-state index contributed by atoms with van der Waals surface area (Å²) in [5.41, 5.74) is 0. The number of aryl methyl sites for hydroxylation is 1. The summed E-state index contributed by atoms with van der Waals surface area (Å²) in [6.45, 7) is 0.112. The number of aliphatic hydroxyl groups excluding tert-OH is 1. The quantitative estimate of drug-likeness (QED) is 0.694.